The van der Waals surface area contributed by atoms with E-state index < -0.39 is 0 Å². The van der Waals surface area contributed by atoms with E-state index in [0.717, 1.165) is 43.0 Å². The van der Waals surface area contributed by atoms with Gasteiger partial charge < -0.3 is 0 Å². The molecule has 5 nitrogen and oxygen atoms in total. The number of piperazine rings is 1. The number of anilines is 1. The predicted molar refractivity (Wildman–Crippen MR) is 154 cm³/mol. The summed E-state index contributed by atoms with van der Waals surface area (Å²) in [6, 6.07) is 31.2. The first-order valence-corrected chi connectivity index (χ1v) is 13.3. The summed E-state index contributed by atoms with van der Waals surface area (Å²) in [6.07, 6.45) is 5.43. The Morgan fingerprint density at radius 2 is 1.53 bits per heavy atom. The molecular weight excluding hydrogens is 492 g/mol. The van der Waals surface area contributed by atoms with Gasteiger partial charge in [-0.2, -0.15) is 0 Å². The normalized spacial score (nSPS) is 17.4. The molecular formula is C32H29ClN4O. The number of hydrogen-bond donors (Lipinski definition) is 0. The number of fused-ring (bicyclic) bond motifs is 1. The minimum atomic E-state index is -0.00000281. The summed E-state index contributed by atoms with van der Waals surface area (Å²) in [5.41, 5.74) is 5.96. The van der Waals surface area contributed by atoms with Crippen LogP contribution >= 0.6 is 11.6 Å². The van der Waals surface area contributed by atoms with Crippen molar-refractivity contribution in [3.8, 4) is 0 Å². The molecule has 1 fully saturated rings. The van der Waals surface area contributed by atoms with Crippen LogP contribution < -0.4 is 4.90 Å². The Morgan fingerprint density at radius 1 is 0.842 bits per heavy atom. The van der Waals surface area contributed by atoms with Crippen molar-refractivity contribution >= 4 is 34.8 Å². The first-order chi connectivity index (χ1) is 18.7. The Hall–Kier alpha value is -3.77. The van der Waals surface area contributed by atoms with Gasteiger partial charge in [0.15, 0.2) is 0 Å². The van der Waals surface area contributed by atoms with Crippen LogP contribution in [0, 0.1) is 0 Å². The van der Waals surface area contributed by atoms with Crippen molar-refractivity contribution in [2.75, 3.05) is 37.7 Å². The molecule has 0 unspecified atom stereocenters. The number of amides is 1. The smallest absolute Gasteiger partial charge is 0.260 e. The van der Waals surface area contributed by atoms with Gasteiger partial charge in [-0.25, -0.2) is 0 Å². The van der Waals surface area contributed by atoms with Crippen LogP contribution in [0.25, 0.3) is 11.6 Å². The van der Waals surface area contributed by atoms with Crippen molar-refractivity contribution in [1.29, 1.82) is 0 Å². The second-order valence-corrected chi connectivity index (χ2v) is 10.2. The maximum atomic E-state index is 13.7. The first-order valence-electron chi connectivity index (χ1n) is 13.0. The molecule has 0 spiro atoms. The molecule has 6 heteroatoms. The van der Waals surface area contributed by atoms with Gasteiger partial charge in [0.05, 0.1) is 18.4 Å². The number of pyridine rings is 1. The molecule has 0 aliphatic carbocycles. The van der Waals surface area contributed by atoms with Crippen molar-refractivity contribution in [2.45, 2.75) is 6.04 Å². The Labute approximate surface area is 228 Å². The minimum Gasteiger partial charge on any atom is -0.294 e. The molecule has 0 radical (unpaired) electrons. The lowest BCUT2D eigenvalue weighted by molar-refractivity contribution is -0.113. The third-order valence-electron chi connectivity index (χ3n) is 7.36. The van der Waals surface area contributed by atoms with Gasteiger partial charge in [0.25, 0.3) is 5.91 Å². The topological polar surface area (TPSA) is 39.7 Å². The molecule has 190 valence electrons. The lowest BCUT2D eigenvalue weighted by Crippen LogP contribution is -2.51. The highest BCUT2D eigenvalue weighted by Gasteiger charge is 2.35. The zero-order chi connectivity index (χ0) is 25.9. The Morgan fingerprint density at radius 3 is 2.16 bits per heavy atom. The number of benzene rings is 3. The predicted octanol–water partition coefficient (Wildman–Crippen LogP) is 5.99. The van der Waals surface area contributed by atoms with E-state index in [1.165, 1.54) is 11.1 Å². The number of aromatic nitrogens is 1. The third-order valence-corrected chi connectivity index (χ3v) is 7.59. The van der Waals surface area contributed by atoms with Crippen molar-refractivity contribution in [3.05, 3.63) is 131 Å². The molecule has 3 heterocycles. The number of hydrogen-bond acceptors (Lipinski definition) is 4. The highest BCUT2D eigenvalue weighted by atomic mass is 35.5. The minimum absolute atomic E-state index is 0.00000281. The number of carbonyl (C=O) groups is 1. The molecule has 0 N–H and O–H groups in total. The zero-order valence-electron chi connectivity index (χ0n) is 21.1. The van der Waals surface area contributed by atoms with Gasteiger partial charge in [-0.05, 0) is 41.0 Å². The summed E-state index contributed by atoms with van der Waals surface area (Å²) >= 11 is 6.37. The third kappa shape index (κ3) is 5.01. The first kappa shape index (κ1) is 24.6. The molecule has 2 aliphatic rings. The fraction of sp³-hybridized carbons (Fsp3) is 0.188. The van der Waals surface area contributed by atoms with E-state index in [4.69, 9.17) is 11.6 Å². The van der Waals surface area contributed by atoms with Gasteiger partial charge in [0, 0.05) is 54.7 Å². The maximum absolute atomic E-state index is 13.7. The van der Waals surface area contributed by atoms with E-state index in [2.05, 4.69) is 75.4 Å². The van der Waals surface area contributed by atoms with Gasteiger partial charge in [-0.1, -0.05) is 84.4 Å². The van der Waals surface area contributed by atoms with Crippen LogP contribution in [-0.2, 0) is 4.79 Å². The monoisotopic (exact) mass is 520 g/mol. The van der Waals surface area contributed by atoms with Crippen LogP contribution in [0.15, 0.2) is 103 Å². The highest BCUT2D eigenvalue weighted by Crippen LogP contribution is 2.39. The Balaban J connectivity index is 1.21. The number of nitrogens with zero attached hydrogens (tertiary/aromatic N) is 4. The number of halogens is 1. The van der Waals surface area contributed by atoms with Crippen LogP contribution in [0.4, 0.5) is 5.69 Å². The van der Waals surface area contributed by atoms with Crippen LogP contribution in [0.1, 0.15) is 28.3 Å². The molecule has 0 atom stereocenters. The number of rotatable bonds is 6. The van der Waals surface area contributed by atoms with Crippen molar-refractivity contribution in [2.24, 2.45) is 0 Å². The molecule has 1 amide bonds. The summed E-state index contributed by atoms with van der Waals surface area (Å²) in [5, 5.41) is 0.627. The van der Waals surface area contributed by atoms with Crippen LogP contribution in [0.2, 0.25) is 5.02 Å². The lowest BCUT2D eigenvalue weighted by Gasteiger charge is -2.40. The standard InChI is InChI=1S/C32H29ClN4O/c33-27-13-14-28-29(20-24-8-7-15-34-22-24)32(38)37(30(28)21-27)23-35-16-18-36(19-17-35)31(25-9-3-1-4-10-25)26-11-5-2-6-12-26/h1-15,20-22,31H,16-19,23H2/b29-20+. The van der Waals surface area contributed by atoms with Gasteiger partial charge >= 0.3 is 0 Å². The average molecular weight is 521 g/mol. The van der Waals surface area contributed by atoms with E-state index in [1.54, 1.807) is 12.4 Å². The van der Waals surface area contributed by atoms with E-state index in [0.29, 0.717) is 17.3 Å². The fourth-order valence-corrected chi connectivity index (χ4v) is 5.65. The van der Waals surface area contributed by atoms with Gasteiger partial charge in [0.2, 0.25) is 0 Å². The molecule has 3 aromatic carbocycles. The quantitative estimate of drug-likeness (QED) is 0.293. The van der Waals surface area contributed by atoms with E-state index in [1.807, 2.05) is 41.3 Å². The second-order valence-electron chi connectivity index (χ2n) is 9.76. The average Bonchev–Trinajstić information content (AvgIpc) is 3.21. The van der Waals surface area contributed by atoms with Crippen LogP contribution in [0.5, 0.6) is 0 Å². The molecule has 0 bridgehead atoms. The van der Waals surface area contributed by atoms with Crippen LogP contribution in [0.3, 0.4) is 0 Å². The molecule has 4 aromatic rings. The highest BCUT2D eigenvalue weighted by molar-refractivity contribution is 6.37. The largest absolute Gasteiger partial charge is 0.294 e. The number of carbonyl (C=O) groups excluding carboxylic acids is 1. The second kappa shape index (κ2) is 10.9. The summed E-state index contributed by atoms with van der Waals surface area (Å²) in [5.74, 6) is -0.00000281. The van der Waals surface area contributed by atoms with Gasteiger partial charge in [-0.3, -0.25) is 24.5 Å². The molecule has 0 saturated carbocycles. The maximum Gasteiger partial charge on any atom is 0.260 e. The zero-order valence-corrected chi connectivity index (χ0v) is 21.8. The Kier molecular flexibility index (Phi) is 7.06. The van der Waals surface area contributed by atoms with Crippen molar-refractivity contribution in [3.63, 3.8) is 0 Å². The summed E-state index contributed by atoms with van der Waals surface area (Å²) in [4.78, 5) is 24.6. The molecule has 2 aliphatic heterocycles. The summed E-state index contributed by atoms with van der Waals surface area (Å²) < 4.78 is 0. The molecule has 1 saturated heterocycles. The lowest BCUT2D eigenvalue weighted by atomic mass is 9.96. The Bertz CT molecular complexity index is 1400. The van der Waals surface area contributed by atoms with E-state index >= 15 is 0 Å². The summed E-state index contributed by atoms with van der Waals surface area (Å²) in [6.45, 7) is 4.11. The van der Waals surface area contributed by atoms with Crippen molar-refractivity contribution in [1.82, 2.24) is 14.8 Å². The fourth-order valence-electron chi connectivity index (χ4n) is 5.48. The summed E-state index contributed by atoms with van der Waals surface area (Å²) in [7, 11) is 0. The van der Waals surface area contributed by atoms with Gasteiger partial charge in [-0.15, -0.1) is 0 Å². The van der Waals surface area contributed by atoms with E-state index in [9.17, 15) is 4.79 Å². The molecule has 38 heavy (non-hydrogen) atoms. The van der Waals surface area contributed by atoms with Crippen LogP contribution in [-0.4, -0.2) is 53.5 Å². The molecule has 1 aromatic heterocycles. The SMILES string of the molecule is O=C1/C(=C/c2cccnc2)c2ccc(Cl)cc2N1CN1CCN(C(c2ccccc2)c2ccccc2)CC1. The van der Waals surface area contributed by atoms with Crippen molar-refractivity contribution < 1.29 is 4.79 Å². The van der Waals surface area contributed by atoms with Gasteiger partial charge in [0.1, 0.15) is 0 Å². The van der Waals surface area contributed by atoms with E-state index in [-0.39, 0.29) is 11.9 Å². The molecule has 6 rings (SSSR count).